The molecule has 3 rings (SSSR count). The number of carbonyl (C=O) groups is 1. The third kappa shape index (κ3) is 6.63. The fourth-order valence-electron chi connectivity index (χ4n) is 3.30. The molecular weight excluding hydrogens is 433 g/mol. The molecule has 2 nitrogen and oxygen atoms in total. The van der Waals surface area contributed by atoms with Crippen LogP contribution in [-0.2, 0) is 35.0 Å². The third-order valence-electron chi connectivity index (χ3n) is 4.87. The first-order chi connectivity index (χ1) is 15.2. The van der Waals surface area contributed by atoms with Gasteiger partial charge in [0.25, 0.3) is 0 Å². The number of hydrogen-bond donors (Lipinski definition) is 0. The zero-order valence-corrected chi connectivity index (χ0v) is 19.2. The second-order valence-electron chi connectivity index (χ2n) is 7.02. The molecule has 0 unspecified atom stereocenters. The molecule has 0 amide bonds. The first kappa shape index (κ1) is 25.5. The summed E-state index contributed by atoms with van der Waals surface area (Å²) in [5.41, 5.74) is 4.47. The second-order valence-corrected chi connectivity index (χ2v) is 8.98. The van der Waals surface area contributed by atoms with Crippen LogP contribution in [0.2, 0.25) is 0 Å². The van der Waals surface area contributed by atoms with Crippen LogP contribution in [-0.4, -0.2) is 12.1 Å². The predicted octanol–water partition coefficient (Wildman–Crippen LogP) is 5.77. The Bertz CT molecular complexity index is 938. The van der Waals surface area contributed by atoms with Gasteiger partial charge < -0.3 is 9.90 Å². The van der Waals surface area contributed by atoms with Crippen LogP contribution in [0.5, 0.6) is 0 Å². The molecule has 3 aromatic rings. The van der Waals surface area contributed by atoms with Gasteiger partial charge in [-0.3, -0.25) is 0 Å². The standard InChI is InChI=1S/C24H27S.C2HF3O2/c1-4-19-17-20(5-2)24(21(6-3)18-19)25(22-13-9-7-10-14-22)23-15-11-8-12-16-23;3-2(4,5)1(6)7/h7-18H,4-6H2,1-3H3;(H,6,7)/q+1;/p-1. The van der Waals surface area contributed by atoms with Crippen LogP contribution in [0.15, 0.2) is 87.5 Å². The van der Waals surface area contributed by atoms with Crippen LogP contribution >= 0.6 is 0 Å². The summed E-state index contributed by atoms with van der Waals surface area (Å²) in [4.78, 5) is 13.1. The smallest absolute Gasteiger partial charge is 0.430 e. The Morgan fingerprint density at radius 2 is 1.16 bits per heavy atom. The summed E-state index contributed by atoms with van der Waals surface area (Å²) in [5.74, 6) is -3.01. The molecular formula is C26H27F3O2S. The number of aliphatic carboxylic acids is 1. The van der Waals surface area contributed by atoms with Gasteiger partial charge in [0.15, 0.2) is 14.7 Å². The maximum absolute atomic E-state index is 10.5. The van der Waals surface area contributed by atoms with Crippen molar-refractivity contribution < 1.29 is 23.1 Å². The first-order valence-corrected chi connectivity index (χ1v) is 11.7. The number of carboxylic acids is 1. The number of halogens is 3. The van der Waals surface area contributed by atoms with Crippen molar-refractivity contribution in [3.63, 3.8) is 0 Å². The number of alkyl halides is 3. The molecule has 3 aromatic carbocycles. The Hall–Kier alpha value is -2.73. The molecule has 0 aliphatic heterocycles. The molecule has 6 heteroatoms. The van der Waals surface area contributed by atoms with Gasteiger partial charge in [-0.05, 0) is 49.1 Å². The van der Waals surface area contributed by atoms with Crippen LogP contribution in [0.25, 0.3) is 0 Å². The summed E-state index contributed by atoms with van der Waals surface area (Å²) in [5, 5.41) is 8.78. The van der Waals surface area contributed by atoms with Crippen molar-refractivity contribution in [2.24, 2.45) is 0 Å². The molecule has 0 saturated carbocycles. The monoisotopic (exact) mass is 460 g/mol. The lowest BCUT2D eigenvalue weighted by molar-refractivity contribution is -0.344. The van der Waals surface area contributed by atoms with E-state index in [1.807, 2.05) is 0 Å². The van der Waals surface area contributed by atoms with E-state index in [2.05, 4.69) is 93.6 Å². The molecule has 0 radical (unpaired) electrons. The number of carboxylic acid groups (broad SMARTS) is 1. The van der Waals surface area contributed by atoms with Crippen LogP contribution in [0.4, 0.5) is 13.2 Å². The van der Waals surface area contributed by atoms with Crippen molar-refractivity contribution in [1.29, 1.82) is 0 Å². The second kappa shape index (κ2) is 11.8. The highest BCUT2D eigenvalue weighted by atomic mass is 32.2. The third-order valence-corrected chi connectivity index (χ3v) is 7.29. The number of carbonyl (C=O) groups excluding carboxylic acids is 1. The molecule has 0 aliphatic rings. The van der Waals surface area contributed by atoms with Crippen molar-refractivity contribution in [3.8, 4) is 0 Å². The zero-order chi connectivity index (χ0) is 23.7. The quantitative estimate of drug-likeness (QED) is 0.438. The van der Waals surface area contributed by atoms with Gasteiger partial charge in [0.2, 0.25) is 0 Å². The van der Waals surface area contributed by atoms with Gasteiger partial charge in [-0.15, -0.1) is 0 Å². The molecule has 0 heterocycles. The van der Waals surface area contributed by atoms with E-state index in [0.29, 0.717) is 0 Å². The summed E-state index contributed by atoms with van der Waals surface area (Å²) < 4.78 is 31.5. The van der Waals surface area contributed by atoms with E-state index >= 15 is 0 Å². The summed E-state index contributed by atoms with van der Waals surface area (Å²) >= 11 is 0. The zero-order valence-electron chi connectivity index (χ0n) is 18.4. The van der Waals surface area contributed by atoms with Gasteiger partial charge >= 0.3 is 6.18 Å². The van der Waals surface area contributed by atoms with Gasteiger partial charge in [0, 0.05) is 11.1 Å². The SMILES string of the molecule is CCc1cc(CC)c([S+](c2ccccc2)c2ccccc2)c(CC)c1.O=C([O-])C(F)(F)F. The Kier molecular flexibility index (Phi) is 9.39. The fourth-order valence-corrected chi connectivity index (χ4v) is 5.84. The van der Waals surface area contributed by atoms with Crippen molar-refractivity contribution >= 4 is 16.9 Å². The largest absolute Gasteiger partial charge is 0.542 e. The summed E-state index contributed by atoms with van der Waals surface area (Å²) in [6, 6.07) is 26.9. The Morgan fingerprint density at radius 1 is 0.781 bits per heavy atom. The topological polar surface area (TPSA) is 40.1 Å². The van der Waals surface area contributed by atoms with Gasteiger partial charge in [0.05, 0.1) is 10.9 Å². The predicted molar refractivity (Wildman–Crippen MR) is 121 cm³/mol. The van der Waals surface area contributed by atoms with Crippen molar-refractivity contribution in [2.45, 2.75) is 60.9 Å². The number of rotatable bonds is 6. The average Bonchev–Trinajstić information content (AvgIpc) is 2.80. The molecule has 0 aliphatic carbocycles. The van der Waals surface area contributed by atoms with E-state index < -0.39 is 12.1 Å². The highest BCUT2D eigenvalue weighted by Gasteiger charge is 2.33. The van der Waals surface area contributed by atoms with E-state index in [1.54, 1.807) is 4.90 Å². The van der Waals surface area contributed by atoms with E-state index in [9.17, 15) is 13.2 Å². The molecule has 0 spiro atoms. The van der Waals surface area contributed by atoms with Crippen LogP contribution < -0.4 is 5.11 Å². The molecule has 0 N–H and O–H groups in total. The minimum absolute atomic E-state index is 0.0478. The summed E-state index contributed by atoms with van der Waals surface area (Å²) in [6.07, 6.45) is -1.93. The first-order valence-electron chi connectivity index (χ1n) is 10.5. The van der Waals surface area contributed by atoms with E-state index in [-0.39, 0.29) is 10.9 Å². The maximum Gasteiger partial charge on any atom is 0.430 e. The molecule has 0 aromatic heterocycles. The maximum atomic E-state index is 10.5. The van der Waals surface area contributed by atoms with E-state index in [1.165, 1.54) is 26.5 Å². The van der Waals surface area contributed by atoms with Gasteiger partial charge in [-0.25, -0.2) is 0 Å². The van der Waals surface area contributed by atoms with Gasteiger partial charge in [-0.2, -0.15) is 13.2 Å². The van der Waals surface area contributed by atoms with Crippen molar-refractivity contribution in [3.05, 3.63) is 89.5 Å². The molecule has 0 saturated heterocycles. The van der Waals surface area contributed by atoms with Crippen molar-refractivity contribution in [1.82, 2.24) is 0 Å². The van der Waals surface area contributed by atoms with E-state index in [4.69, 9.17) is 9.90 Å². The van der Waals surface area contributed by atoms with Crippen LogP contribution in [0.3, 0.4) is 0 Å². The number of aryl methyl sites for hydroxylation is 3. The van der Waals surface area contributed by atoms with Crippen LogP contribution in [0.1, 0.15) is 37.5 Å². The lowest BCUT2D eigenvalue weighted by Crippen LogP contribution is -2.37. The van der Waals surface area contributed by atoms with Crippen LogP contribution in [0, 0.1) is 0 Å². The summed E-state index contributed by atoms with van der Waals surface area (Å²) in [7, 11) is -0.0478. The Labute approximate surface area is 190 Å². The average molecular weight is 461 g/mol. The molecule has 0 fully saturated rings. The fraction of sp³-hybridized carbons (Fsp3) is 0.269. The molecule has 0 bridgehead atoms. The number of hydrogen-bond acceptors (Lipinski definition) is 2. The number of benzene rings is 3. The van der Waals surface area contributed by atoms with E-state index in [0.717, 1.165) is 19.3 Å². The molecule has 170 valence electrons. The Morgan fingerprint density at radius 3 is 1.44 bits per heavy atom. The lowest BCUT2D eigenvalue weighted by atomic mass is 10.0. The lowest BCUT2D eigenvalue weighted by Gasteiger charge is -2.16. The van der Waals surface area contributed by atoms with Gasteiger partial charge in [0.1, 0.15) is 5.97 Å². The normalized spacial score (nSPS) is 11.1. The minimum atomic E-state index is -5.19. The molecule has 0 atom stereocenters. The highest BCUT2D eigenvalue weighted by Crippen LogP contribution is 2.36. The van der Waals surface area contributed by atoms with Crippen molar-refractivity contribution in [2.75, 3.05) is 0 Å². The molecule has 32 heavy (non-hydrogen) atoms. The summed E-state index contributed by atoms with van der Waals surface area (Å²) in [6.45, 7) is 6.83. The van der Waals surface area contributed by atoms with Gasteiger partial charge in [-0.1, -0.05) is 69.3 Å². The minimum Gasteiger partial charge on any atom is -0.542 e. The highest BCUT2D eigenvalue weighted by molar-refractivity contribution is 7.97. The Balaban J connectivity index is 0.000000451.